The number of carbonyl (C=O) groups excluding carboxylic acids is 1. The Hall–Kier alpha value is -2.57. The molecule has 134 valence electrons. The van der Waals surface area contributed by atoms with Crippen LogP contribution in [0.4, 0.5) is 5.69 Å². The van der Waals surface area contributed by atoms with Crippen molar-refractivity contribution in [3.63, 3.8) is 0 Å². The van der Waals surface area contributed by atoms with E-state index >= 15 is 0 Å². The Morgan fingerprint density at radius 2 is 1.88 bits per heavy atom. The zero-order chi connectivity index (χ0) is 18.4. The molecule has 0 atom stereocenters. The number of aryl methyl sites for hydroxylation is 2. The minimum absolute atomic E-state index is 0.409. The number of hydrogen-bond donors (Lipinski definition) is 3. The number of aromatic nitrogens is 2. The third-order valence-corrected chi connectivity index (χ3v) is 4.74. The van der Waals surface area contributed by atoms with Crippen LogP contribution in [0.3, 0.4) is 0 Å². The highest BCUT2D eigenvalue weighted by Crippen LogP contribution is 2.20. The minimum Gasteiger partial charge on any atom is -0.387 e. The molecule has 3 rings (SSSR count). The smallest absolute Gasteiger partial charge is 0.250 e. The summed E-state index contributed by atoms with van der Waals surface area (Å²) in [5.74, 6) is -0.409. The van der Waals surface area contributed by atoms with Crippen LogP contribution in [0.2, 0.25) is 0 Å². The van der Waals surface area contributed by atoms with Crippen LogP contribution in [0.5, 0.6) is 0 Å². The van der Waals surface area contributed by atoms with Crippen molar-refractivity contribution in [2.45, 2.75) is 25.7 Å². The maximum atomic E-state index is 11.4. The minimum atomic E-state index is -0.522. The van der Waals surface area contributed by atoms with Crippen LogP contribution in [-0.2, 0) is 17.6 Å². The van der Waals surface area contributed by atoms with Crippen LogP contribution < -0.4 is 5.32 Å². The van der Waals surface area contributed by atoms with Gasteiger partial charge in [0.2, 0.25) is 5.91 Å². The van der Waals surface area contributed by atoms with E-state index in [2.05, 4.69) is 15.3 Å². The van der Waals surface area contributed by atoms with Crippen molar-refractivity contribution >= 4 is 39.7 Å². The number of pyridine rings is 1. The fraction of sp³-hybridized carbons (Fsp3) is 0.250. The van der Waals surface area contributed by atoms with Gasteiger partial charge in [0.15, 0.2) is 0 Å². The molecule has 2 aromatic heterocycles. The lowest BCUT2D eigenvalue weighted by atomic mass is 10.0. The molecule has 0 radical (unpaired) electrons. The summed E-state index contributed by atoms with van der Waals surface area (Å²) in [5, 5.41) is 12.8. The van der Waals surface area contributed by atoms with Crippen molar-refractivity contribution in [3.8, 4) is 0 Å². The van der Waals surface area contributed by atoms with Crippen molar-refractivity contribution in [3.05, 3.63) is 59.9 Å². The molecular weight excluding hydrogens is 346 g/mol. The molecule has 1 amide bonds. The molecule has 1 aromatic carbocycles. The molecule has 0 saturated carbocycles. The summed E-state index contributed by atoms with van der Waals surface area (Å²) < 4.78 is 0. The van der Waals surface area contributed by atoms with Crippen LogP contribution >= 0.6 is 12.2 Å². The van der Waals surface area contributed by atoms with Crippen molar-refractivity contribution in [1.82, 2.24) is 9.97 Å². The predicted molar refractivity (Wildman–Crippen MR) is 107 cm³/mol. The third-order valence-electron chi connectivity index (χ3n) is 4.33. The van der Waals surface area contributed by atoms with Gasteiger partial charge in [0, 0.05) is 23.5 Å². The summed E-state index contributed by atoms with van der Waals surface area (Å²) in [4.78, 5) is 19.9. The van der Waals surface area contributed by atoms with E-state index in [9.17, 15) is 4.79 Å². The summed E-state index contributed by atoms with van der Waals surface area (Å²) in [6.45, 7) is -0.522. The number of thiocarbonyl (C=S) groups is 1. The zero-order valence-corrected chi connectivity index (χ0v) is 15.2. The van der Waals surface area contributed by atoms with E-state index < -0.39 is 12.5 Å². The normalized spacial score (nSPS) is 10.8. The Labute approximate surface area is 157 Å². The van der Waals surface area contributed by atoms with Crippen molar-refractivity contribution in [2.24, 2.45) is 0 Å². The van der Waals surface area contributed by atoms with Gasteiger partial charge in [-0.3, -0.25) is 4.79 Å². The molecule has 6 heteroatoms. The standard InChI is InChI=1S/C20H21N3O2S/c24-13-19(25)23-18-4-2-1-3-15(18)6-8-16(26)7-5-14-9-11-21-20-17(14)10-12-22-20/h1-4,9-12,24H,5-8,13H2,(H,21,22)(H,23,25). The van der Waals surface area contributed by atoms with Gasteiger partial charge in [-0.25, -0.2) is 4.98 Å². The first-order valence-corrected chi connectivity index (χ1v) is 8.99. The Morgan fingerprint density at radius 1 is 1.12 bits per heavy atom. The number of benzene rings is 1. The van der Waals surface area contributed by atoms with Gasteiger partial charge in [-0.15, -0.1) is 0 Å². The number of anilines is 1. The number of hydrogen-bond acceptors (Lipinski definition) is 4. The van der Waals surface area contributed by atoms with Gasteiger partial charge in [0.1, 0.15) is 12.3 Å². The Kier molecular flexibility index (Phi) is 6.09. The second kappa shape index (κ2) is 8.69. The summed E-state index contributed by atoms with van der Waals surface area (Å²) in [7, 11) is 0. The van der Waals surface area contributed by atoms with Crippen molar-refractivity contribution in [1.29, 1.82) is 0 Å². The van der Waals surface area contributed by atoms with E-state index in [0.717, 1.165) is 52.8 Å². The summed E-state index contributed by atoms with van der Waals surface area (Å²) in [6, 6.07) is 11.7. The van der Waals surface area contributed by atoms with Gasteiger partial charge in [0.05, 0.1) is 0 Å². The molecule has 0 bridgehead atoms. The lowest BCUT2D eigenvalue weighted by Crippen LogP contribution is -2.16. The maximum Gasteiger partial charge on any atom is 0.250 e. The molecule has 3 N–H and O–H groups in total. The summed E-state index contributed by atoms with van der Waals surface area (Å²) >= 11 is 5.56. The van der Waals surface area contributed by atoms with Gasteiger partial charge < -0.3 is 15.4 Å². The summed E-state index contributed by atoms with van der Waals surface area (Å²) in [6.07, 6.45) is 6.98. The predicted octanol–water partition coefficient (Wildman–Crippen LogP) is 3.43. The lowest BCUT2D eigenvalue weighted by Gasteiger charge is -2.11. The molecule has 3 aromatic rings. The zero-order valence-electron chi connectivity index (χ0n) is 14.4. The molecule has 0 aliphatic carbocycles. The van der Waals surface area contributed by atoms with Crippen LogP contribution in [0, 0.1) is 0 Å². The van der Waals surface area contributed by atoms with Crippen LogP contribution in [0.15, 0.2) is 48.8 Å². The molecule has 26 heavy (non-hydrogen) atoms. The molecule has 0 aliphatic heterocycles. The Balaban J connectivity index is 1.56. The van der Waals surface area contributed by atoms with E-state index in [0.29, 0.717) is 0 Å². The fourth-order valence-corrected chi connectivity index (χ4v) is 3.16. The molecule has 5 nitrogen and oxygen atoms in total. The average molecular weight is 367 g/mol. The van der Waals surface area contributed by atoms with Gasteiger partial charge >= 0.3 is 0 Å². The van der Waals surface area contributed by atoms with Crippen molar-refractivity contribution in [2.75, 3.05) is 11.9 Å². The topological polar surface area (TPSA) is 78.0 Å². The lowest BCUT2D eigenvalue weighted by molar-refractivity contribution is -0.118. The molecule has 0 spiro atoms. The number of para-hydroxylation sites is 1. The SMILES string of the molecule is O=C(CO)Nc1ccccc1CCC(=S)CCc1ccnc2[nH]ccc12. The number of aliphatic hydroxyl groups is 1. The second-order valence-corrected chi connectivity index (χ2v) is 6.69. The molecule has 0 unspecified atom stereocenters. The monoisotopic (exact) mass is 367 g/mol. The van der Waals surface area contributed by atoms with Crippen molar-refractivity contribution < 1.29 is 9.90 Å². The van der Waals surface area contributed by atoms with E-state index in [-0.39, 0.29) is 0 Å². The second-order valence-electron chi connectivity index (χ2n) is 6.11. The first-order valence-electron chi connectivity index (χ1n) is 8.58. The molecule has 0 saturated heterocycles. The molecule has 0 aliphatic rings. The number of nitrogens with zero attached hydrogens (tertiary/aromatic N) is 1. The van der Waals surface area contributed by atoms with E-state index in [1.165, 1.54) is 5.56 Å². The van der Waals surface area contributed by atoms with Crippen LogP contribution in [-0.4, -0.2) is 32.5 Å². The Morgan fingerprint density at radius 3 is 2.69 bits per heavy atom. The number of H-pyrrole nitrogens is 1. The highest BCUT2D eigenvalue weighted by molar-refractivity contribution is 7.80. The van der Waals surface area contributed by atoms with E-state index in [4.69, 9.17) is 17.3 Å². The van der Waals surface area contributed by atoms with Crippen LogP contribution in [0.25, 0.3) is 11.0 Å². The number of fused-ring (bicyclic) bond motifs is 1. The average Bonchev–Trinajstić information content (AvgIpc) is 3.15. The number of aromatic amines is 1. The van der Waals surface area contributed by atoms with Gasteiger partial charge in [-0.05, 0) is 59.9 Å². The quantitative estimate of drug-likeness (QED) is 0.533. The largest absolute Gasteiger partial charge is 0.387 e. The highest BCUT2D eigenvalue weighted by Gasteiger charge is 2.08. The molecule has 2 heterocycles. The van der Waals surface area contributed by atoms with Crippen LogP contribution in [0.1, 0.15) is 24.0 Å². The number of nitrogens with one attached hydrogen (secondary N) is 2. The Bertz CT molecular complexity index is 920. The van der Waals surface area contributed by atoms with Gasteiger partial charge in [-0.2, -0.15) is 0 Å². The van der Waals surface area contributed by atoms with Gasteiger partial charge in [0.25, 0.3) is 0 Å². The number of amides is 1. The highest BCUT2D eigenvalue weighted by atomic mass is 32.1. The number of rotatable bonds is 8. The van der Waals surface area contributed by atoms with Gasteiger partial charge in [-0.1, -0.05) is 30.4 Å². The summed E-state index contributed by atoms with van der Waals surface area (Å²) in [5.41, 5.74) is 3.90. The fourth-order valence-electron chi connectivity index (χ4n) is 2.96. The maximum absolute atomic E-state index is 11.4. The number of carbonyl (C=O) groups is 1. The van der Waals surface area contributed by atoms with E-state index in [1.54, 1.807) is 0 Å². The molecule has 0 fully saturated rings. The first kappa shape index (κ1) is 18.2. The first-order chi connectivity index (χ1) is 12.7. The number of aliphatic hydroxyl groups excluding tert-OH is 1. The van der Waals surface area contributed by atoms with E-state index in [1.807, 2.05) is 48.8 Å². The third kappa shape index (κ3) is 4.53. The molecular formula is C20H21N3O2S.